The van der Waals surface area contributed by atoms with Crippen LogP contribution in [0.4, 0.5) is 4.79 Å². The SMILES string of the molecule is CCCCNC(=O)CN1C(=O)N[C@]2(CCCc3sccc32)C1=O. The minimum Gasteiger partial charge on any atom is -0.355 e. The Morgan fingerprint density at radius 1 is 1.48 bits per heavy atom. The first-order chi connectivity index (χ1) is 11.1. The Labute approximate surface area is 139 Å². The van der Waals surface area contributed by atoms with Crippen LogP contribution in [0.3, 0.4) is 0 Å². The monoisotopic (exact) mass is 335 g/mol. The van der Waals surface area contributed by atoms with Crippen LogP contribution < -0.4 is 10.6 Å². The van der Waals surface area contributed by atoms with Gasteiger partial charge in [0.25, 0.3) is 5.91 Å². The van der Waals surface area contributed by atoms with Crippen molar-refractivity contribution in [3.8, 4) is 0 Å². The van der Waals surface area contributed by atoms with Crippen molar-refractivity contribution in [2.24, 2.45) is 0 Å². The Morgan fingerprint density at radius 2 is 2.30 bits per heavy atom. The lowest BCUT2D eigenvalue weighted by atomic mass is 9.80. The molecule has 1 fully saturated rings. The Balaban J connectivity index is 1.75. The third-order valence-electron chi connectivity index (χ3n) is 4.49. The fraction of sp³-hybridized carbons (Fsp3) is 0.562. The van der Waals surface area contributed by atoms with E-state index in [9.17, 15) is 14.4 Å². The van der Waals surface area contributed by atoms with E-state index in [4.69, 9.17) is 0 Å². The molecule has 1 aliphatic heterocycles. The second kappa shape index (κ2) is 6.31. The van der Waals surface area contributed by atoms with Gasteiger partial charge in [-0.05, 0) is 37.1 Å². The first-order valence-corrected chi connectivity index (χ1v) is 8.94. The molecule has 1 saturated heterocycles. The van der Waals surface area contributed by atoms with Crippen LogP contribution >= 0.6 is 11.3 Å². The van der Waals surface area contributed by atoms with Gasteiger partial charge >= 0.3 is 6.03 Å². The molecule has 7 heteroatoms. The molecule has 4 amide bonds. The summed E-state index contributed by atoms with van der Waals surface area (Å²) in [5.74, 6) is -0.590. The molecule has 3 rings (SSSR count). The first-order valence-electron chi connectivity index (χ1n) is 8.06. The predicted octanol–water partition coefficient (Wildman–Crippen LogP) is 1.75. The van der Waals surface area contributed by atoms with Crippen molar-refractivity contribution in [2.75, 3.05) is 13.1 Å². The summed E-state index contributed by atoms with van der Waals surface area (Å²) >= 11 is 1.62. The molecule has 1 atom stereocenters. The molecule has 23 heavy (non-hydrogen) atoms. The molecular formula is C16H21N3O3S. The highest BCUT2D eigenvalue weighted by molar-refractivity contribution is 7.10. The second-order valence-electron chi connectivity index (χ2n) is 6.04. The molecular weight excluding hydrogens is 314 g/mol. The van der Waals surface area contributed by atoms with Crippen LogP contribution in [-0.4, -0.2) is 35.8 Å². The van der Waals surface area contributed by atoms with Gasteiger partial charge in [-0.3, -0.25) is 14.5 Å². The van der Waals surface area contributed by atoms with Gasteiger partial charge in [0.2, 0.25) is 5.91 Å². The molecule has 0 unspecified atom stereocenters. The van der Waals surface area contributed by atoms with Gasteiger partial charge in [-0.15, -0.1) is 11.3 Å². The highest BCUT2D eigenvalue weighted by atomic mass is 32.1. The van der Waals surface area contributed by atoms with E-state index in [0.717, 1.165) is 41.0 Å². The number of unbranched alkanes of at least 4 members (excludes halogenated alkanes) is 1. The molecule has 124 valence electrons. The number of aryl methyl sites for hydroxylation is 1. The first kappa shape index (κ1) is 16.0. The Morgan fingerprint density at radius 3 is 3.09 bits per heavy atom. The lowest BCUT2D eigenvalue weighted by molar-refractivity contribution is -0.135. The maximum Gasteiger partial charge on any atom is 0.325 e. The lowest BCUT2D eigenvalue weighted by Crippen LogP contribution is -2.46. The normalized spacial score (nSPS) is 23.1. The van der Waals surface area contributed by atoms with E-state index >= 15 is 0 Å². The van der Waals surface area contributed by atoms with Crippen LogP contribution in [0, 0.1) is 0 Å². The summed E-state index contributed by atoms with van der Waals surface area (Å²) in [4.78, 5) is 39.3. The zero-order valence-electron chi connectivity index (χ0n) is 13.2. The summed E-state index contributed by atoms with van der Waals surface area (Å²) in [7, 11) is 0. The number of amides is 4. The lowest BCUT2D eigenvalue weighted by Gasteiger charge is -2.31. The van der Waals surface area contributed by atoms with Crippen LogP contribution in [-0.2, 0) is 21.5 Å². The van der Waals surface area contributed by atoms with Gasteiger partial charge < -0.3 is 10.6 Å². The number of nitrogens with one attached hydrogen (secondary N) is 2. The Hall–Kier alpha value is -1.89. The van der Waals surface area contributed by atoms with E-state index in [2.05, 4.69) is 10.6 Å². The molecule has 1 aromatic heterocycles. The molecule has 1 aromatic rings. The van der Waals surface area contributed by atoms with E-state index < -0.39 is 11.6 Å². The number of fused-ring (bicyclic) bond motifs is 2. The number of imide groups is 1. The summed E-state index contributed by atoms with van der Waals surface area (Å²) in [6.45, 7) is 2.39. The molecule has 0 saturated carbocycles. The number of rotatable bonds is 5. The van der Waals surface area contributed by atoms with Crippen molar-refractivity contribution in [3.63, 3.8) is 0 Å². The molecule has 0 aromatic carbocycles. The zero-order valence-corrected chi connectivity index (χ0v) is 14.0. The van der Waals surface area contributed by atoms with Gasteiger partial charge in [-0.25, -0.2) is 4.79 Å². The molecule has 6 nitrogen and oxygen atoms in total. The van der Waals surface area contributed by atoms with Crippen LogP contribution in [0.2, 0.25) is 0 Å². The molecule has 2 N–H and O–H groups in total. The maximum absolute atomic E-state index is 12.9. The Kier molecular flexibility index (Phi) is 4.39. The van der Waals surface area contributed by atoms with Crippen molar-refractivity contribution in [1.82, 2.24) is 15.5 Å². The second-order valence-corrected chi connectivity index (χ2v) is 7.04. The minimum absolute atomic E-state index is 0.213. The third-order valence-corrected chi connectivity index (χ3v) is 5.47. The zero-order chi connectivity index (χ0) is 16.4. The summed E-state index contributed by atoms with van der Waals surface area (Å²) in [6.07, 6.45) is 4.25. The highest BCUT2D eigenvalue weighted by Gasteiger charge is 2.54. The number of urea groups is 1. The number of hydrogen-bond donors (Lipinski definition) is 2. The van der Waals surface area contributed by atoms with Crippen LogP contribution in [0.15, 0.2) is 11.4 Å². The van der Waals surface area contributed by atoms with Crippen LogP contribution in [0.1, 0.15) is 43.0 Å². The largest absolute Gasteiger partial charge is 0.355 e. The molecule has 0 bridgehead atoms. The van der Waals surface area contributed by atoms with Gasteiger partial charge in [0, 0.05) is 17.0 Å². The third kappa shape index (κ3) is 2.73. The standard InChI is InChI=1S/C16H21N3O3S/c1-2-3-8-17-13(20)10-19-14(21)16(18-15(19)22)7-4-5-12-11(16)6-9-23-12/h6,9H,2-5,7-8,10H2,1H3,(H,17,20)(H,18,22)/t16-/m0/s1. The van der Waals surface area contributed by atoms with Gasteiger partial charge in [0.15, 0.2) is 0 Å². The van der Waals surface area contributed by atoms with Gasteiger partial charge in [0.1, 0.15) is 12.1 Å². The summed E-state index contributed by atoms with van der Waals surface area (Å²) in [6, 6.07) is 1.45. The molecule has 1 aliphatic carbocycles. The highest BCUT2D eigenvalue weighted by Crippen LogP contribution is 2.41. The minimum atomic E-state index is -0.964. The topological polar surface area (TPSA) is 78.5 Å². The van der Waals surface area contributed by atoms with Crippen LogP contribution in [0.25, 0.3) is 0 Å². The van der Waals surface area contributed by atoms with E-state index in [1.165, 1.54) is 0 Å². The molecule has 2 aliphatic rings. The molecule has 2 heterocycles. The van der Waals surface area contributed by atoms with Gasteiger partial charge in [0.05, 0.1) is 0 Å². The van der Waals surface area contributed by atoms with Crippen molar-refractivity contribution in [1.29, 1.82) is 0 Å². The average Bonchev–Trinajstić information content (AvgIpc) is 3.09. The molecule has 1 spiro atoms. The average molecular weight is 335 g/mol. The Bertz CT molecular complexity index is 642. The quantitative estimate of drug-likeness (QED) is 0.635. The van der Waals surface area contributed by atoms with Crippen molar-refractivity contribution < 1.29 is 14.4 Å². The number of carbonyl (C=O) groups is 3. The number of hydrogen-bond acceptors (Lipinski definition) is 4. The fourth-order valence-corrected chi connectivity index (χ4v) is 4.29. The van der Waals surface area contributed by atoms with Crippen LogP contribution in [0.5, 0.6) is 0 Å². The summed E-state index contributed by atoms with van der Waals surface area (Å²) in [5, 5.41) is 7.55. The van der Waals surface area contributed by atoms with Gasteiger partial charge in [-0.2, -0.15) is 0 Å². The number of carbonyl (C=O) groups excluding carboxylic acids is 3. The fourth-order valence-electron chi connectivity index (χ4n) is 3.29. The van der Waals surface area contributed by atoms with E-state index in [-0.39, 0.29) is 18.4 Å². The van der Waals surface area contributed by atoms with Crippen molar-refractivity contribution in [2.45, 2.75) is 44.6 Å². The van der Waals surface area contributed by atoms with E-state index in [1.807, 2.05) is 18.4 Å². The predicted molar refractivity (Wildman–Crippen MR) is 87.1 cm³/mol. The summed E-state index contributed by atoms with van der Waals surface area (Å²) in [5.41, 5.74) is -0.0602. The van der Waals surface area contributed by atoms with E-state index in [0.29, 0.717) is 13.0 Å². The smallest absolute Gasteiger partial charge is 0.325 e. The number of nitrogens with zero attached hydrogens (tertiary/aromatic N) is 1. The van der Waals surface area contributed by atoms with Crippen molar-refractivity contribution >= 4 is 29.2 Å². The van der Waals surface area contributed by atoms with Crippen molar-refractivity contribution in [3.05, 3.63) is 21.9 Å². The van der Waals surface area contributed by atoms with Gasteiger partial charge in [-0.1, -0.05) is 13.3 Å². The summed E-state index contributed by atoms with van der Waals surface area (Å²) < 4.78 is 0. The number of thiophene rings is 1. The maximum atomic E-state index is 12.9. The van der Waals surface area contributed by atoms with E-state index in [1.54, 1.807) is 11.3 Å². The molecule has 0 radical (unpaired) electrons.